The first-order chi connectivity index (χ1) is 15.1. The van der Waals surface area contributed by atoms with Crippen LogP contribution >= 0.6 is 23.3 Å². The number of anilines is 1. The van der Waals surface area contributed by atoms with E-state index in [2.05, 4.69) is 32.6 Å². The molecule has 4 rings (SSSR count). The zero-order valence-electron chi connectivity index (χ0n) is 18.1. The van der Waals surface area contributed by atoms with Crippen LogP contribution in [0.2, 0.25) is 0 Å². The summed E-state index contributed by atoms with van der Waals surface area (Å²) in [5, 5.41) is 4.25. The number of aromatic nitrogens is 3. The first-order valence-electron chi connectivity index (χ1n) is 11.3. The number of hydrogen-bond acceptors (Lipinski definition) is 7. The van der Waals surface area contributed by atoms with E-state index in [1.807, 2.05) is 10.6 Å². The van der Waals surface area contributed by atoms with Gasteiger partial charge in [0.1, 0.15) is 0 Å². The van der Waals surface area contributed by atoms with Crippen LogP contribution in [0.15, 0.2) is 28.2 Å². The van der Waals surface area contributed by atoms with Crippen molar-refractivity contribution in [1.82, 2.24) is 18.8 Å². The van der Waals surface area contributed by atoms with Crippen molar-refractivity contribution in [2.24, 2.45) is 5.92 Å². The lowest BCUT2D eigenvalue weighted by Crippen LogP contribution is -2.49. The molecule has 1 fully saturated rings. The summed E-state index contributed by atoms with van der Waals surface area (Å²) in [6.07, 6.45) is 7.39. The fraction of sp³-hybridized carbons (Fsp3) is 0.636. The molecule has 2 aliphatic rings. The molecule has 168 valence electrons. The standard InChI is InChI=1S/C22H31N5O2S2/c1-2-3-4-5-6-10-30-22-24-21(31-25-22)23-19(28)15-26-12-16-11-17(14-26)18-8-7-9-20(29)27(18)13-16/h7-9,16-17H,2-6,10-15H2,1H3,(H,23,24,25,28). The van der Waals surface area contributed by atoms with Gasteiger partial charge in [-0.2, -0.15) is 9.36 Å². The lowest BCUT2D eigenvalue weighted by Gasteiger charge is -2.42. The third-order valence-electron chi connectivity index (χ3n) is 6.06. The number of unbranched alkanes of at least 4 members (excludes halogenated alkanes) is 4. The van der Waals surface area contributed by atoms with Crippen LogP contribution in [-0.4, -0.2) is 50.1 Å². The summed E-state index contributed by atoms with van der Waals surface area (Å²) in [6, 6.07) is 5.53. The summed E-state index contributed by atoms with van der Waals surface area (Å²) in [6.45, 7) is 4.98. The molecule has 9 heteroatoms. The summed E-state index contributed by atoms with van der Waals surface area (Å²) in [4.78, 5) is 31.4. The van der Waals surface area contributed by atoms with E-state index in [-0.39, 0.29) is 11.5 Å². The van der Waals surface area contributed by atoms with Crippen LogP contribution in [-0.2, 0) is 11.3 Å². The van der Waals surface area contributed by atoms with Gasteiger partial charge in [0.05, 0.1) is 6.54 Å². The molecule has 1 amide bonds. The van der Waals surface area contributed by atoms with Crippen molar-refractivity contribution < 1.29 is 4.79 Å². The van der Waals surface area contributed by atoms with Gasteiger partial charge in [0, 0.05) is 54.6 Å². The Morgan fingerprint density at radius 2 is 2.10 bits per heavy atom. The second-order valence-electron chi connectivity index (χ2n) is 8.59. The summed E-state index contributed by atoms with van der Waals surface area (Å²) in [7, 11) is 0. The van der Waals surface area contributed by atoms with Gasteiger partial charge in [0.25, 0.3) is 5.56 Å². The normalized spacial score (nSPS) is 20.4. The van der Waals surface area contributed by atoms with E-state index in [0.29, 0.717) is 23.5 Å². The predicted molar refractivity (Wildman–Crippen MR) is 126 cm³/mol. The number of nitrogens with one attached hydrogen (secondary N) is 1. The molecule has 2 unspecified atom stereocenters. The Bertz CT molecular complexity index is 944. The van der Waals surface area contributed by atoms with E-state index in [0.717, 1.165) is 42.7 Å². The first kappa shape index (κ1) is 22.5. The molecule has 0 radical (unpaired) electrons. The number of fused-ring (bicyclic) bond motifs is 4. The second kappa shape index (κ2) is 10.7. The number of carbonyl (C=O) groups is 1. The summed E-state index contributed by atoms with van der Waals surface area (Å²) in [5.41, 5.74) is 1.19. The van der Waals surface area contributed by atoms with Crippen molar-refractivity contribution in [3.05, 3.63) is 34.2 Å². The average Bonchev–Trinajstić information content (AvgIpc) is 3.18. The molecule has 2 atom stereocenters. The summed E-state index contributed by atoms with van der Waals surface area (Å²) in [5.74, 6) is 1.71. The fourth-order valence-corrected chi connectivity index (χ4v) is 6.23. The summed E-state index contributed by atoms with van der Waals surface area (Å²) < 4.78 is 6.28. The number of thioether (sulfide) groups is 1. The quantitative estimate of drug-likeness (QED) is 0.428. The van der Waals surface area contributed by atoms with Gasteiger partial charge in [-0.25, -0.2) is 0 Å². The smallest absolute Gasteiger partial charge is 0.250 e. The van der Waals surface area contributed by atoms with Crippen molar-refractivity contribution in [3.8, 4) is 0 Å². The lowest BCUT2D eigenvalue weighted by atomic mass is 9.83. The van der Waals surface area contributed by atoms with E-state index in [9.17, 15) is 9.59 Å². The van der Waals surface area contributed by atoms with E-state index in [1.165, 1.54) is 43.6 Å². The van der Waals surface area contributed by atoms with E-state index < -0.39 is 0 Å². The Hall–Kier alpha value is -1.71. The average molecular weight is 462 g/mol. The highest BCUT2D eigenvalue weighted by Crippen LogP contribution is 2.34. The van der Waals surface area contributed by atoms with Gasteiger partial charge in [-0.1, -0.05) is 50.4 Å². The van der Waals surface area contributed by atoms with E-state index in [1.54, 1.807) is 17.8 Å². The molecule has 0 spiro atoms. The molecule has 4 heterocycles. The van der Waals surface area contributed by atoms with Gasteiger partial charge in [-0.15, -0.1) is 0 Å². The molecule has 2 aromatic heterocycles. The Labute approximate surface area is 191 Å². The van der Waals surface area contributed by atoms with Crippen molar-refractivity contribution in [2.75, 3.05) is 30.7 Å². The van der Waals surface area contributed by atoms with Gasteiger partial charge in [0.2, 0.25) is 16.2 Å². The maximum absolute atomic E-state index is 12.6. The number of hydrogen-bond donors (Lipinski definition) is 1. The van der Waals surface area contributed by atoms with Crippen LogP contribution in [0.5, 0.6) is 0 Å². The lowest BCUT2D eigenvalue weighted by molar-refractivity contribution is -0.117. The first-order valence-corrected chi connectivity index (χ1v) is 13.1. The van der Waals surface area contributed by atoms with Gasteiger partial charge < -0.3 is 4.57 Å². The van der Waals surface area contributed by atoms with Crippen molar-refractivity contribution in [3.63, 3.8) is 0 Å². The third-order valence-corrected chi connectivity index (χ3v) is 7.74. The van der Waals surface area contributed by atoms with Gasteiger partial charge in [-0.05, 0) is 24.8 Å². The minimum Gasteiger partial charge on any atom is -0.312 e. The van der Waals surface area contributed by atoms with Crippen molar-refractivity contribution >= 4 is 34.3 Å². The number of pyridine rings is 1. The maximum atomic E-state index is 12.6. The highest BCUT2D eigenvalue weighted by Gasteiger charge is 2.35. The Morgan fingerprint density at radius 3 is 2.97 bits per heavy atom. The van der Waals surface area contributed by atoms with Crippen LogP contribution in [0.4, 0.5) is 5.13 Å². The molecule has 31 heavy (non-hydrogen) atoms. The molecule has 2 aliphatic heterocycles. The molecule has 2 aromatic rings. The van der Waals surface area contributed by atoms with Crippen molar-refractivity contribution in [1.29, 1.82) is 0 Å². The van der Waals surface area contributed by atoms with Crippen LogP contribution in [0.25, 0.3) is 0 Å². The largest absolute Gasteiger partial charge is 0.312 e. The molecule has 0 aliphatic carbocycles. The minimum absolute atomic E-state index is 0.0438. The summed E-state index contributed by atoms with van der Waals surface area (Å²) >= 11 is 2.92. The zero-order chi connectivity index (χ0) is 21.6. The van der Waals surface area contributed by atoms with Crippen LogP contribution in [0.1, 0.15) is 57.1 Å². The molecular weight excluding hydrogens is 430 g/mol. The number of rotatable bonds is 10. The van der Waals surface area contributed by atoms with Crippen LogP contribution < -0.4 is 10.9 Å². The molecule has 7 nitrogen and oxygen atoms in total. The number of amides is 1. The molecule has 1 N–H and O–H groups in total. The van der Waals surface area contributed by atoms with Gasteiger partial charge in [-0.3, -0.25) is 19.8 Å². The molecule has 2 bridgehead atoms. The fourth-order valence-electron chi connectivity index (χ4n) is 4.68. The highest BCUT2D eigenvalue weighted by molar-refractivity contribution is 7.99. The second-order valence-corrected chi connectivity index (χ2v) is 10.4. The number of carbonyl (C=O) groups excluding carboxylic acids is 1. The molecule has 0 aromatic carbocycles. The number of piperidine rings is 1. The van der Waals surface area contributed by atoms with Gasteiger partial charge in [0.15, 0.2) is 0 Å². The number of nitrogens with zero attached hydrogens (tertiary/aromatic N) is 4. The molecular formula is C22H31N5O2S2. The van der Waals surface area contributed by atoms with E-state index >= 15 is 0 Å². The van der Waals surface area contributed by atoms with Crippen molar-refractivity contribution in [2.45, 2.75) is 63.1 Å². The minimum atomic E-state index is -0.0438. The highest BCUT2D eigenvalue weighted by atomic mass is 32.2. The number of likely N-dealkylation sites (tertiary alicyclic amines) is 1. The molecule has 1 saturated heterocycles. The monoisotopic (exact) mass is 461 g/mol. The zero-order valence-corrected chi connectivity index (χ0v) is 19.7. The Balaban J connectivity index is 1.24. The molecule has 0 saturated carbocycles. The Morgan fingerprint density at radius 1 is 1.23 bits per heavy atom. The SMILES string of the molecule is CCCCCCCSc1nsc(NC(=O)CN2CC3CC(C2)c2cccc(=O)n2C3)n1. The van der Waals surface area contributed by atoms with Crippen LogP contribution in [0.3, 0.4) is 0 Å². The predicted octanol–water partition coefficient (Wildman–Crippen LogP) is 3.82. The van der Waals surface area contributed by atoms with Crippen LogP contribution in [0, 0.1) is 5.92 Å². The maximum Gasteiger partial charge on any atom is 0.250 e. The van der Waals surface area contributed by atoms with Gasteiger partial charge >= 0.3 is 0 Å². The Kier molecular flexibility index (Phi) is 7.79. The topological polar surface area (TPSA) is 80.1 Å². The third kappa shape index (κ3) is 5.96. The van der Waals surface area contributed by atoms with E-state index in [4.69, 9.17) is 0 Å².